The van der Waals surface area contributed by atoms with Crippen molar-refractivity contribution in [2.24, 2.45) is 5.92 Å². The fourth-order valence-electron chi connectivity index (χ4n) is 2.13. The second-order valence-corrected chi connectivity index (χ2v) is 4.50. The van der Waals surface area contributed by atoms with Gasteiger partial charge in [0, 0.05) is 5.69 Å². The number of para-hydroxylation sites is 1. The summed E-state index contributed by atoms with van der Waals surface area (Å²) < 4.78 is 5.01. The number of ether oxygens (including phenoxy) is 1. The zero-order valence-electron chi connectivity index (χ0n) is 10.2. The maximum Gasteiger partial charge on any atom is 0.309 e. The highest BCUT2D eigenvalue weighted by Gasteiger charge is 2.24. The average Bonchev–Trinajstić information content (AvgIpc) is 2.91. The molecule has 0 aromatic heterocycles. The van der Waals surface area contributed by atoms with Crippen molar-refractivity contribution in [3.05, 3.63) is 30.3 Å². The minimum Gasteiger partial charge on any atom is -0.455 e. The van der Waals surface area contributed by atoms with Crippen LogP contribution in [0.1, 0.15) is 25.7 Å². The number of hydrogen-bond acceptors (Lipinski definition) is 3. The van der Waals surface area contributed by atoms with Crippen LogP contribution in [0.5, 0.6) is 0 Å². The van der Waals surface area contributed by atoms with E-state index in [1.807, 2.05) is 18.2 Å². The molecule has 4 heteroatoms. The Morgan fingerprint density at radius 1 is 1.17 bits per heavy atom. The molecule has 18 heavy (non-hydrogen) atoms. The summed E-state index contributed by atoms with van der Waals surface area (Å²) >= 11 is 0. The Morgan fingerprint density at radius 3 is 2.50 bits per heavy atom. The Kier molecular flexibility index (Phi) is 4.34. The molecule has 1 aromatic carbocycles. The van der Waals surface area contributed by atoms with Crippen LogP contribution in [0.15, 0.2) is 30.3 Å². The monoisotopic (exact) mass is 247 g/mol. The molecule has 1 aromatic rings. The van der Waals surface area contributed by atoms with Gasteiger partial charge in [-0.3, -0.25) is 9.59 Å². The lowest BCUT2D eigenvalue weighted by molar-refractivity contribution is -0.151. The number of anilines is 1. The van der Waals surface area contributed by atoms with E-state index in [9.17, 15) is 9.59 Å². The fourth-order valence-corrected chi connectivity index (χ4v) is 2.13. The number of esters is 1. The van der Waals surface area contributed by atoms with Gasteiger partial charge in [0.25, 0.3) is 5.91 Å². The molecule has 1 N–H and O–H groups in total. The zero-order valence-corrected chi connectivity index (χ0v) is 10.2. The van der Waals surface area contributed by atoms with Crippen LogP contribution < -0.4 is 5.32 Å². The largest absolute Gasteiger partial charge is 0.455 e. The van der Waals surface area contributed by atoms with Gasteiger partial charge < -0.3 is 10.1 Å². The first-order valence-electron chi connectivity index (χ1n) is 6.27. The molecular weight excluding hydrogens is 230 g/mol. The Morgan fingerprint density at radius 2 is 1.83 bits per heavy atom. The Balaban J connectivity index is 1.73. The number of rotatable bonds is 4. The summed E-state index contributed by atoms with van der Waals surface area (Å²) in [6.45, 7) is -0.204. The van der Waals surface area contributed by atoms with E-state index in [4.69, 9.17) is 4.74 Å². The molecule has 0 heterocycles. The molecule has 96 valence electrons. The molecule has 0 unspecified atom stereocenters. The average molecular weight is 247 g/mol. The smallest absolute Gasteiger partial charge is 0.309 e. The van der Waals surface area contributed by atoms with E-state index in [0.717, 1.165) is 25.7 Å². The van der Waals surface area contributed by atoms with Gasteiger partial charge in [0.2, 0.25) is 0 Å². The van der Waals surface area contributed by atoms with Crippen LogP contribution in [0.2, 0.25) is 0 Å². The van der Waals surface area contributed by atoms with Gasteiger partial charge in [-0.2, -0.15) is 0 Å². The van der Waals surface area contributed by atoms with Crippen LogP contribution in [0, 0.1) is 5.92 Å². The molecule has 1 amide bonds. The van der Waals surface area contributed by atoms with Gasteiger partial charge >= 0.3 is 5.97 Å². The molecule has 1 fully saturated rings. The Hall–Kier alpha value is -1.84. The predicted molar refractivity (Wildman–Crippen MR) is 68.0 cm³/mol. The highest BCUT2D eigenvalue weighted by atomic mass is 16.5. The van der Waals surface area contributed by atoms with E-state index in [1.54, 1.807) is 12.1 Å². The summed E-state index contributed by atoms with van der Waals surface area (Å²) in [5, 5.41) is 2.67. The van der Waals surface area contributed by atoms with Gasteiger partial charge in [-0.25, -0.2) is 0 Å². The molecule has 0 saturated heterocycles. The molecule has 0 radical (unpaired) electrons. The first-order valence-corrected chi connectivity index (χ1v) is 6.27. The Labute approximate surface area is 106 Å². The highest BCUT2D eigenvalue weighted by Crippen LogP contribution is 2.25. The van der Waals surface area contributed by atoms with E-state index in [-0.39, 0.29) is 24.4 Å². The molecule has 0 spiro atoms. The van der Waals surface area contributed by atoms with Gasteiger partial charge in [0.15, 0.2) is 6.61 Å². The molecule has 0 aliphatic heterocycles. The van der Waals surface area contributed by atoms with Crippen LogP contribution in [-0.2, 0) is 14.3 Å². The number of nitrogens with one attached hydrogen (secondary N) is 1. The van der Waals surface area contributed by atoms with Gasteiger partial charge in [0.1, 0.15) is 0 Å². The van der Waals surface area contributed by atoms with E-state index in [2.05, 4.69) is 5.32 Å². The summed E-state index contributed by atoms with van der Waals surface area (Å²) in [6.07, 6.45) is 3.93. The standard InChI is InChI=1S/C14H17NO3/c16-13(15-12-8-2-1-3-9-12)10-18-14(17)11-6-4-5-7-11/h1-3,8-9,11H,4-7,10H2,(H,15,16). The van der Waals surface area contributed by atoms with Crippen LogP contribution >= 0.6 is 0 Å². The van der Waals surface area contributed by atoms with Crippen LogP contribution in [0.4, 0.5) is 5.69 Å². The third-order valence-corrected chi connectivity index (χ3v) is 3.09. The second kappa shape index (κ2) is 6.19. The fraction of sp³-hybridized carbons (Fsp3) is 0.429. The zero-order chi connectivity index (χ0) is 12.8. The topological polar surface area (TPSA) is 55.4 Å². The first-order chi connectivity index (χ1) is 8.75. The third kappa shape index (κ3) is 3.58. The van der Waals surface area contributed by atoms with Gasteiger partial charge in [-0.05, 0) is 25.0 Å². The third-order valence-electron chi connectivity index (χ3n) is 3.09. The Bertz CT molecular complexity index is 410. The lowest BCUT2D eigenvalue weighted by Crippen LogP contribution is -2.23. The van der Waals surface area contributed by atoms with Crippen LogP contribution in [0.25, 0.3) is 0 Å². The van der Waals surface area contributed by atoms with Crippen molar-refractivity contribution >= 4 is 17.6 Å². The molecular formula is C14H17NO3. The van der Waals surface area contributed by atoms with E-state index < -0.39 is 0 Å². The molecule has 4 nitrogen and oxygen atoms in total. The summed E-state index contributed by atoms with van der Waals surface area (Å²) in [5.74, 6) is -0.544. The molecule has 2 rings (SSSR count). The van der Waals surface area contributed by atoms with Crippen molar-refractivity contribution in [2.75, 3.05) is 11.9 Å². The minimum atomic E-state index is -0.299. The maximum atomic E-state index is 11.6. The first kappa shape index (κ1) is 12.6. The predicted octanol–water partition coefficient (Wildman–Crippen LogP) is 2.36. The van der Waals surface area contributed by atoms with Gasteiger partial charge in [-0.15, -0.1) is 0 Å². The number of hydrogen-bond donors (Lipinski definition) is 1. The van der Waals surface area contributed by atoms with Crippen molar-refractivity contribution < 1.29 is 14.3 Å². The molecule has 1 aliphatic rings. The number of carbonyl (C=O) groups is 2. The van der Waals surface area contributed by atoms with Crippen molar-refractivity contribution in [3.63, 3.8) is 0 Å². The van der Waals surface area contributed by atoms with E-state index in [1.165, 1.54) is 0 Å². The normalized spacial score (nSPS) is 15.3. The SMILES string of the molecule is O=C(COC(=O)C1CCCC1)Nc1ccccc1. The summed E-state index contributed by atoms with van der Waals surface area (Å²) in [7, 11) is 0. The minimum absolute atomic E-state index is 0.00507. The van der Waals surface area contributed by atoms with E-state index >= 15 is 0 Å². The van der Waals surface area contributed by atoms with Crippen LogP contribution in [-0.4, -0.2) is 18.5 Å². The lowest BCUT2D eigenvalue weighted by Gasteiger charge is -2.09. The van der Waals surface area contributed by atoms with Gasteiger partial charge in [-0.1, -0.05) is 31.0 Å². The summed E-state index contributed by atoms with van der Waals surface area (Å²) in [4.78, 5) is 23.1. The quantitative estimate of drug-likeness (QED) is 0.831. The number of amides is 1. The summed E-state index contributed by atoms with van der Waals surface area (Å²) in [5.41, 5.74) is 0.708. The second-order valence-electron chi connectivity index (χ2n) is 4.50. The molecule has 1 aliphatic carbocycles. The van der Waals surface area contributed by atoms with Gasteiger partial charge in [0.05, 0.1) is 5.92 Å². The molecule has 1 saturated carbocycles. The van der Waals surface area contributed by atoms with Crippen molar-refractivity contribution in [2.45, 2.75) is 25.7 Å². The van der Waals surface area contributed by atoms with Crippen molar-refractivity contribution in [3.8, 4) is 0 Å². The van der Waals surface area contributed by atoms with Crippen molar-refractivity contribution in [1.82, 2.24) is 0 Å². The van der Waals surface area contributed by atoms with Crippen molar-refractivity contribution in [1.29, 1.82) is 0 Å². The number of benzene rings is 1. The van der Waals surface area contributed by atoms with E-state index in [0.29, 0.717) is 5.69 Å². The highest BCUT2D eigenvalue weighted by molar-refractivity contribution is 5.92. The van der Waals surface area contributed by atoms with Crippen LogP contribution in [0.3, 0.4) is 0 Å². The molecule has 0 atom stereocenters. The molecule has 0 bridgehead atoms. The maximum absolute atomic E-state index is 11.6. The summed E-state index contributed by atoms with van der Waals surface area (Å²) in [6, 6.07) is 9.11. The number of carbonyl (C=O) groups excluding carboxylic acids is 2. The lowest BCUT2D eigenvalue weighted by atomic mass is 10.1.